The average molecular weight is 328 g/mol. The molecule has 0 spiro atoms. The van der Waals surface area contributed by atoms with E-state index in [1.165, 1.54) is 17.0 Å². The number of hydrogen-bond acceptors (Lipinski definition) is 3. The van der Waals surface area contributed by atoms with Gasteiger partial charge in [0.05, 0.1) is 0 Å². The Morgan fingerprint density at radius 3 is 2.39 bits per heavy atom. The second kappa shape index (κ2) is 6.46. The number of halogens is 1. The molecule has 5 nitrogen and oxygen atoms in total. The number of aromatic amines is 1. The molecule has 0 bridgehead atoms. The summed E-state index contributed by atoms with van der Waals surface area (Å²) >= 11 is 5.82. The first kappa shape index (κ1) is 15.0. The third kappa shape index (κ3) is 3.64. The smallest absolute Gasteiger partial charge is 0.289 e. The largest absolute Gasteiger partial charge is 0.427 e. The van der Waals surface area contributed by atoms with Gasteiger partial charge in [0.15, 0.2) is 5.78 Å². The molecule has 3 aromatic rings. The van der Waals surface area contributed by atoms with Crippen LogP contribution in [0.25, 0.3) is 11.8 Å². The molecule has 0 unspecified atom stereocenters. The predicted molar refractivity (Wildman–Crippen MR) is 85.7 cm³/mol. The first-order valence-corrected chi connectivity index (χ1v) is 7.18. The summed E-state index contributed by atoms with van der Waals surface area (Å²) in [6, 6.07) is 14.0. The van der Waals surface area contributed by atoms with Gasteiger partial charge < -0.3 is 0 Å². The Hall–Kier alpha value is -2.92. The van der Waals surface area contributed by atoms with Gasteiger partial charge in [0, 0.05) is 22.7 Å². The fourth-order valence-corrected chi connectivity index (χ4v) is 2.13. The fourth-order valence-electron chi connectivity index (χ4n) is 2.01. The van der Waals surface area contributed by atoms with E-state index in [0.29, 0.717) is 16.3 Å². The van der Waals surface area contributed by atoms with E-state index in [9.17, 15) is 9.59 Å². The molecule has 0 saturated carbocycles. The van der Waals surface area contributed by atoms with Crippen LogP contribution in [-0.2, 0) is 0 Å². The number of ketones is 1. The predicted octanol–water partition coefficient (Wildman–Crippen LogP) is 2.79. The molecule has 1 heterocycles. The number of carbonyl (C=O) groups is 1. The van der Waals surface area contributed by atoms with E-state index < -0.39 is 5.63 Å². The number of aromatic nitrogens is 2. The quantitative estimate of drug-likeness (QED) is 0.455. The van der Waals surface area contributed by atoms with Crippen molar-refractivity contribution in [2.75, 3.05) is 0 Å². The number of nitrogens with one attached hydrogen (secondary N) is 1. The highest BCUT2D eigenvalue weighted by molar-refractivity contribution is 6.30. The molecule has 3 rings (SSSR count). The maximum absolute atomic E-state index is 12.1. The molecule has 0 aliphatic heterocycles. The molecule has 114 valence electrons. The first-order valence-electron chi connectivity index (χ1n) is 6.80. The molecule has 0 radical (unpaired) electrons. The minimum absolute atomic E-state index is 0.114. The van der Waals surface area contributed by atoms with Crippen molar-refractivity contribution < 1.29 is 14.0 Å². The molecule has 0 aliphatic carbocycles. The SMILES string of the molecule is O=C(/C=C/c1ccc(Cl)cc1)c1ccc(-[n+]2cc(=O)o[nH]2)cc1. The van der Waals surface area contributed by atoms with Crippen molar-refractivity contribution in [1.82, 2.24) is 5.27 Å². The van der Waals surface area contributed by atoms with Crippen molar-refractivity contribution in [2.24, 2.45) is 0 Å². The van der Waals surface area contributed by atoms with Crippen molar-refractivity contribution in [3.63, 3.8) is 0 Å². The highest BCUT2D eigenvalue weighted by Gasteiger charge is 2.11. The molecule has 23 heavy (non-hydrogen) atoms. The van der Waals surface area contributed by atoms with E-state index in [-0.39, 0.29) is 5.78 Å². The molecule has 0 saturated heterocycles. The highest BCUT2D eigenvalue weighted by atomic mass is 35.5. The van der Waals surface area contributed by atoms with Crippen LogP contribution in [0.4, 0.5) is 0 Å². The molecule has 0 amide bonds. The molecule has 0 aliphatic rings. The van der Waals surface area contributed by atoms with E-state index in [2.05, 4.69) is 9.79 Å². The standard InChI is InChI=1S/C17H11ClN2O3/c18-14-6-1-12(2-7-14)3-10-16(21)13-4-8-15(9-5-13)20-11-17(22)23-19-20/h1-11H/p+1/b10-3+. The van der Waals surface area contributed by atoms with Gasteiger partial charge in [-0.15, -0.1) is 0 Å². The molecular weight excluding hydrogens is 316 g/mol. The second-order valence-electron chi connectivity index (χ2n) is 4.81. The van der Waals surface area contributed by atoms with Crippen molar-refractivity contribution in [3.8, 4) is 5.69 Å². The lowest BCUT2D eigenvalue weighted by Crippen LogP contribution is -2.32. The Labute approximate surface area is 136 Å². The Morgan fingerprint density at radius 2 is 1.78 bits per heavy atom. The van der Waals surface area contributed by atoms with Gasteiger partial charge >= 0.3 is 5.63 Å². The molecule has 0 atom stereocenters. The zero-order chi connectivity index (χ0) is 16.2. The summed E-state index contributed by atoms with van der Waals surface area (Å²) in [6.45, 7) is 0. The maximum Gasteiger partial charge on any atom is 0.427 e. The topological polar surface area (TPSA) is 66.9 Å². The van der Waals surface area contributed by atoms with Crippen LogP contribution < -0.4 is 10.3 Å². The second-order valence-corrected chi connectivity index (χ2v) is 5.24. The number of nitrogens with zero attached hydrogens (tertiary/aromatic N) is 1. The van der Waals surface area contributed by atoms with Gasteiger partial charge in [-0.05, 0) is 45.9 Å². The van der Waals surface area contributed by atoms with Crippen LogP contribution in [-0.4, -0.2) is 11.1 Å². The summed E-state index contributed by atoms with van der Waals surface area (Å²) in [5.41, 5.74) is 1.65. The number of rotatable bonds is 4. The van der Waals surface area contributed by atoms with E-state index in [4.69, 9.17) is 11.6 Å². The van der Waals surface area contributed by atoms with E-state index in [0.717, 1.165) is 5.56 Å². The number of allylic oxidation sites excluding steroid dienone is 1. The minimum Gasteiger partial charge on any atom is -0.289 e. The molecular formula is C17H12ClN2O3+. The van der Waals surface area contributed by atoms with Gasteiger partial charge in [-0.25, -0.2) is 4.79 Å². The monoisotopic (exact) mass is 327 g/mol. The zero-order valence-electron chi connectivity index (χ0n) is 11.9. The molecule has 1 aromatic heterocycles. The minimum atomic E-state index is -0.476. The Morgan fingerprint density at radius 1 is 1.09 bits per heavy atom. The number of H-pyrrole nitrogens is 1. The van der Waals surface area contributed by atoms with Gasteiger partial charge in [0.1, 0.15) is 0 Å². The lowest BCUT2D eigenvalue weighted by Gasteiger charge is -1.96. The van der Waals surface area contributed by atoms with Crippen LogP contribution in [0.5, 0.6) is 0 Å². The van der Waals surface area contributed by atoms with Crippen LogP contribution in [0.3, 0.4) is 0 Å². The van der Waals surface area contributed by atoms with Crippen molar-refractivity contribution in [3.05, 3.63) is 87.4 Å². The fraction of sp³-hybridized carbons (Fsp3) is 0. The van der Waals surface area contributed by atoms with Gasteiger partial charge in [0.25, 0.3) is 6.20 Å². The van der Waals surface area contributed by atoms with E-state index in [1.807, 2.05) is 12.1 Å². The lowest BCUT2D eigenvalue weighted by atomic mass is 10.1. The normalized spacial score (nSPS) is 11.0. The summed E-state index contributed by atoms with van der Waals surface area (Å²) in [5.74, 6) is -0.114. The van der Waals surface area contributed by atoms with Gasteiger partial charge in [-0.1, -0.05) is 29.8 Å². The molecule has 6 heteroatoms. The van der Waals surface area contributed by atoms with Crippen LogP contribution in [0.15, 0.2) is 70.1 Å². The Kier molecular flexibility index (Phi) is 4.21. The van der Waals surface area contributed by atoms with Crippen molar-refractivity contribution in [1.29, 1.82) is 0 Å². The summed E-state index contributed by atoms with van der Waals surface area (Å²) in [7, 11) is 0. The van der Waals surface area contributed by atoms with Crippen LogP contribution in [0.2, 0.25) is 5.02 Å². The average Bonchev–Trinajstić information content (AvgIpc) is 3.01. The van der Waals surface area contributed by atoms with Gasteiger partial charge in [-0.2, -0.15) is 0 Å². The summed E-state index contributed by atoms with van der Waals surface area (Å²) in [6.07, 6.45) is 4.51. The Balaban J connectivity index is 1.75. The highest BCUT2D eigenvalue weighted by Crippen LogP contribution is 2.12. The number of hydrogen-bond donors (Lipinski definition) is 1. The van der Waals surface area contributed by atoms with Crippen LogP contribution in [0, 0.1) is 0 Å². The van der Waals surface area contributed by atoms with Gasteiger partial charge in [0.2, 0.25) is 5.69 Å². The number of benzene rings is 2. The zero-order valence-corrected chi connectivity index (χ0v) is 12.7. The Bertz CT molecular complexity index is 906. The molecule has 0 fully saturated rings. The van der Waals surface area contributed by atoms with E-state index in [1.54, 1.807) is 42.5 Å². The first-order chi connectivity index (χ1) is 11.1. The third-order valence-corrected chi connectivity index (χ3v) is 3.46. The molecule has 1 N–H and O–H groups in total. The van der Waals surface area contributed by atoms with Crippen molar-refractivity contribution in [2.45, 2.75) is 0 Å². The molecule has 2 aromatic carbocycles. The van der Waals surface area contributed by atoms with Crippen LogP contribution >= 0.6 is 11.6 Å². The van der Waals surface area contributed by atoms with Gasteiger partial charge in [-0.3, -0.25) is 9.32 Å². The summed E-state index contributed by atoms with van der Waals surface area (Å²) in [4.78, 5) is 23.1. The number of carbonyl (C=O) groups excluding carboxylic acids is 1. The maximum atomic E-state index is 12.1. The lowest BCUT2D eigenvalue weighted by molar-refractivity contribution is -0.670. The summed E-state index contributed by atoms with van der Waals surface area (Å²) in [5, 5.41) is 3.09. The summed E-state index contributed by atoms with van der Waals surface area (Å²) < 4.78 is 6.02. The van der Waals surface area contributed by atoms with Crippen molar-refractivity contribution >= 4 is 23.5 Å². The van der Waals surface area contributed by atoms with Crippen LogP contribution in [0.1, 0.15) is 15.9 Å². The van der Waals surface area contributed by atoms with E-state index >= 15 is 0 Å². The third-order valence-electron chi connectivity index (χ3n) is 3.21.